The number of carbonyl (C=O) groups is 3. The van der Waals surface area contributed by atoms with E-state index >= 15 is 0 Å². The molecule has 0 fully saturated rings. The summed E-state index contributed by atoms with van der Waals surface area (Å²) in [7, 11) is 0. The lowest BCUT2D eigenvalue weighted by atomic mass is 10.1. The number of alkyl carbamates (subject to hydrolysis) is 1. The van der Waals surface area contributed by atoms with Gasteiger partial charge in [-0.05, 0) is 38.5 Å². The van der Waals surface area contributed by atoms with Crippen LogP contribution in [0.3, 0.4) is 0 Å². The van der Waals surface area contributed by atoms with Gasteiger partial charge in [0, 0.05) is 18.2 Å². The molecule has 138 valence electrons. The number of amides is 3. The topological polar surface area (TPSA) is 96.5 Å². The van der Waals surface area contributed by atoms with E-state index in [-0.39, 0.29) is 24.3 Å². The third-order valence-corrected chi connectivity index (χ3v) is 3.00. The van der Waals surface area contributed by atoms with Crippen LogP contribution in [0.15, 0.2) is 24.3 Å². The van der Waals surface area contributed by atoms with Gasteiger partial charge in [-0.25, -0.2) is 4.79 Å². The maximum atomic E-state index is 11.8. The molecule has 0 aliphatic heterocycles. The quantitative estimate of drug-likeness (QED) is 0.735. The van der Waals surface area contributed by atoms with Crippen molar-refractivity contribution in [3.05, 3.63) is 29.8 Å². The summed E-state index contributed by atoms with van der Waals surface area (Å²) < 4.78 is 5.05. The van der Waals surface area contributed by atoms with Gasteiger partial charge in [0.1, 0.15) is 12.1 Å². The number of rotatable bonds is 6. The van der Waals surface area contributed by atoms with E-state index < -0.39 is 11.7 Å². The Morgan fingerprint density at radius 1 is 1.12 bits per heavy atom. The second kappa shape index (κ2) is 9.05. The largest absolute Gasteiger partial charge is 0.444 e. The van der Waals surface area contributed by atoms with Gasteiger partial charge in [0.05, 0.1) is 0 Å². The van der Waals surface area contributed by atoms with Gasteiger partial charge in [0.25, 0.3) is 0 Å². The Labute approximate surface area is 148 Å². The SMILES string of the molecule is CC(C)C(=O)Nc1cccc(CNC(=O)CNC(=O)OC(C)(C)C)c1. The predicted molar refractivity (Wildman–Crippen MR) is 96.0 cm³/mol. The van der Waals surface area contributed by atoms with Crippen LogP contribution in [0, 0.1) is 5.92 Å². The molecule has 0 aliphatic rings. The molecular weight excluding hydrogens is 322 g/mol. The van der Waals surface area contributed by atoms with Crippen LogP contribution >= 0.6 is 0 Å². The zero-order chi connectivity index (χ0) is 19.0. The fraction of sp³-hybridized carbons (Fsp3) is 0.500. The van der Waals surface area contributed by atoms with Crippen molar-refractivity contribution in [1.82, 2.24) is 10.6 Å². The number of benzene rings is 1. The second-order valence-electron chi connectivity index (χ2n) is 6.98. The molecule has 0 heterocycles. The van der Waals surface area contributed by atoms with Crippen LogP contribution < -0.4 is 16.0 Å². The highest BCUT2D eigenvalue weighted by molar-refractivity contribution is 5.92. The molecule has 7 nitrogen and oxygen atoms in total. The Balaban J connectivity index is 2.43. The summed E-state index contributed by atoms with van der Waals surface area (Å²) in [5.74, 6) is -0.507. The monoisotopic (exact) mass is 349 g/mol. The predicted octanol–water partition coefficient (Wildman–Crippen LogP) is 2.42. The molecule has 0 aliphatic carbocycles. The molecule has 0 bridgehead atoms. The van der Waals surface area contributed by atoms with Gasteiger partial charge in [0.15, 0.2) is 0 Å². The lowest BCUT2D eigenvalue weighted by Crippen LogP contribution is -2.39. The van der Waals surface area contributed by atoms with Crippen molar-refractivity contribution < 1.29 is 19.1 Å². The van der Waals surface area contributed by atoms with Gasteiger partial charge >= 0.3 is 6.09 Å². The summed E-state index contributed by atoms with van der Waals surface area (Å²) in [4.78, 5) is 35.0. The molecule has 1 aromatic rings. The summed E-state index contributed by atoms with van der Waals surface area (Å²) in [6, 6.07) is 7.22. The van der Waals surface area contributed by atoms with Gasteiger partial charge < -0.3 is 20.7 Å². The van der Waals surface area contributed by atoms with E-state index in [4.69, 9.17) is 4.74 Å². The summed E-state index contributed by atoms with van der Waals surface area (Å²) >= 11 is 0. The van der Waals surface area contributed by atoms with Crippen molar-refractivity contribution in [3.8, 4) is 0 Å². The first kappa shape index (κ1) is 20.5. The summed E-state index contributed by atoms with van der Waals surface area (Å²) in [5.41, 5.74) is 0.908. The van der Waals surface area contributed by atoms with Crippen molar-refractivity contribution >= 4 is 23.6 Å². The third-order valence-electron chi connectivity index (χ3n) is 3.00. The van der Waals surface area contributed by atoms with E-state index in [1.165, 1.54) is 0 Å². The lowest BCUT2D eigenvalue weighted by molar-refractivity contribution is -0.120. The molecule has 0 radical (unpaired) electrons. The normalized spacial score (nSPS) is 11.0. The van der Waals surface area contributed by atoms with E-state index in [1.54, 1.807) is 39.0 Å². The standard InChI is InChI=1S/C18H27N3O4/c1-12(2)16(23)21-14-8-6-7-13(9-14)10-19-15(22)11-20-17(24)25-18(3,4)5/h6-9,12H,10-11H2,1-5H3,(H,19,22)(H,20,24)(H,21,23). The fourth-order valence-electron chi connectivity index (χ4n) is 1.78. The Bertz CT molecular complexity index is 621. The molecule has 7 heteroatoms. The van der Waals surface area contributed by atoms with Crippen molar-refractivity contribution in [1.29, 1.82) is 0 Å². The van der Waals surface area contributed by atoms with Gasteiger partial charge in [-0.15, -0.1) is 0 Å². The fourth-order valence-corrected chi connectivity index (χ4v) is 1.78. The molecule has 1 rings (SSSR count). The maximum absolute atomic E-state index is 11.8. The summed E-state index contributed by atoms with van der Waals surface area (Å²) in [6.45, 7) is 9.00. The van der Waals surface area contributed by atoms with Crippen LogP contribution in [-0.4, -0.2) is 30.1 Å². The molecule has 0 saturated heterocycles. The third kappa shape index (κ3) is 8.74. The number of carbonyl (C=O) groups excluding carboxylic acids is 3. The summed E-state index contributed by atoms with van der Waals surface area (Å²) in [6.07, 6.45) is -0.638. The molecule has 3 N–H and O–H groups in total. The average Bonchev–Trinajstić information content (AvgIpc) is 2.49. The number of ether oxygens (including phenoxy) is 1. The van der Waals surface area contributed by atoms with Crippen molar-refractivity contribution in [2.24, 2.45) is 5.92 Å². The minimum Gasteiger partial charge on any atom is -0.444 e. The zero-order valence-electron chi connectivity index (χ0n) is 15.4. The van der Waals surface area contributed by atoms with Gasteiger partial charge in [-0.3, -0.25) is 9.59 Å². The van der Waals surface area contributed by atoms with E-state index in [2.05, 4.69) is 16.0 Å². The lowest BCUT2D eigenvalue weighted by Gasteiger charge is -2.19. The zero-order valence-corrected chi connectivity index (χ0v) is 15.4. The van der Waals surface area contributed by atoms with Crippen LogP contribution in [0.2, 0.25) is 0 Å². The highest BCUT2D eigenvalue weighted by atomic mass is 16.6. The van der Waals surface area contributed by atoms with Crippen molar-refractivity contribution in [3.63, 3.8) is 0 Å². The Kier molecular flexibility index (Phi) is 7.42. The van der Waals surface area contributed by atoms with Crippen molar-refractivity contribution in [2.45, 2.75) is 46.8 Å². The van der Waals surface area contributed by atoms with Crippen molar-refractivity contribution in [2.75, 3.05) is 11.9 Å². The van der Waals surface area contributed by atoms with Crippen LogP contribution in [0.5, 0.6) is 0 Å². The van der Waals surface area contributed by atoms with Crippen LogP contribution in [-0.2, 0) is 20.9 Å². The number of nitrogens with one attached hydrogen (secondary N) is 3. The van der Waals surface area contributed by atoms with Gasteiger partial charge in [-0.2, -0.15) is 0 Å². The van der Waals surface area contributed by atoms with E-state index in [1.807, 2.05) is 19.9 Å². The average molecular weight is 349 g/mol. The van der Waals surface area contributed by atoms with E-state index in [0.29, 0.717) is 12.2 Å². The summed E-state index contributed by atoms with van der Waals surface area (Å²) in [5, 5.41) is 7.90. The smallest absolute Gasteiger partial charge is 0.408 e. The minimum atomic E-state index is -0.638. The molecular formula is C18H27N3O4. The Morgan fingerprint density at radius 3 is 2.40 bits per heavy atom. The molecule has 0 unspecified atom stereocenters. The van der Waals surface area contributed by atoms with Crippen LogP contribution in [0.1, 0.15) is 40.2 Å². The van der Waals surface area contributed by atoms with Gasteiger partial charge in [0.2, 0.25) is 11.8 Å². The van der Waals surface area contributed by atoms with E-state index in [0.717, 1.165) is 5.56 Å². The van der Waals surface area contributed by atoms with Crippen LogP contribution in [0.25, 0.3) is 0 Å². The minimum absolute atomic E-state index is 0.0669. The first-order chi connectivity index (χ1) is 11.6. The highest BCUT2D eigenvalue weighted by Crippen LogP contribution is 2.12. The maximum Gasteiger partial charge on any atom is 0.408 e. The van der Waals surface area contributed by atoms with Gasteiger partial charge in [-0.1, -0.05) is 26.0 Å². The number of hydrogen-bond acceptors (Lipinski definition) is 4. The molecule has 3 amide bonds. The molecule has 0 aromatic heterocycles. The molecule has 0 saturated carbocycles. The Morgan fingerprint density at radius 2 is 1.80 bits per heavy atom. The first-order valence-electron chi connectivity index (χ1n) is 8.20. The molecule has 25 heavy (non-hydrogen) atoms. The Hall–Kier alpha value is -2.57. The molecule has 0 spiro atoms. The number of anilines is 1. The van der Waals surface area contributed by atoms with Crippen LogP contribution in [0.4, 0.5) is 10.5 Å². The number of hydrogen-bond donors (Lipinski definition) is 3. The van der Waals surface area contributed by atoms with E-state index in [9.17, 15) is 14.4 Å². The highest BCUT2D eigenvalue weighted by Gasteiger charge is 2.16. The first-order valence-corrected chi connectivity index (χ1v) is 8.20. The molecule has 1 aromatic carbocycles. The molecule has 0 atom stereocenters. The second-order valence-corrected chi connectivity index (χ2v) is 6.98.